The Bertz CT molecular complexity index is 58.7. The van der Waals surface area contributed by atoms with Crippen molar-refractivity contribution in [2.45, 2.75) is 0 Å². The Morgan fingerprint density at radius 3 is 2.20 bits per heavy atom. The molecule has 0 aromatic carbocycles. The highest BCUT2D eigenvalue weighted by Gasteiger charge is 1.72. The number of hydrogen-bond acceptors (Lipinski definition) is 2. The molecule has 0 heterocycles. The van der Waals surface area contributed by atoms with Crippen LogP contribution in [0.25, 0.3) is 0 Å². The van der Waals surface area contributed by atoms with Crippen LogP contribution in [-0.4, -0.2) is 8.76 Å². The van der Waals surface area contributed by atoms with Gasteiger partial charge in [0.05, 0.1) is 12.4 Å². The predicted octanol–water partition coefficient (Wildman–Crippen LogP) is -0.146. The third kappa shape index (κ3) is 4.13. The maximum atomic E-state index is 9.21. The van der Waals surface area contributed by atoms with Crippen molar-refractivity contribution in [1.82, 2.24) is 0 Å². The van der Waals surface area contributed by atoms with Gasteiger partial charge in [0.2, 0.25) is 0 Å². The lowest BCUT2D eigenvalue weighted by molar-refractivity contribution is 0.567. The Balaban J connectivity index is 3.20. The van der Waals surface area contributed by atoms with Gasteiger partial charge in [-0.3, -0.25) is 4.55 Å². The van der Waals surface area contributed by atoms with Crippen LogP contribution in [-0.2, 0) is 23.7 Å². The Kier molecular flexibility index (Phi) is 2.43. The van der Waals surface area contributed by atoms with E-state index in [0.29, 0.717) is 0 Å². The van der Waals surface area contributed by atoms with Gasteiger partial charge in [-0.15, -0.1) is 0 Å². The standard InChI is InChI=1S/HNO2S2/c2-5(3)1-4/h(H,2,3). The van der Waals surface area contributed by atoms with Crippen molar-refractivity contribution >= 4 is 23.7 Å². The minimum Gasteiger partial charge on any atom is -0.287 e. The maximum absolute atomic E-state index is 9.21. The average molecular weight is 111 g/mol. The molecule has 1 unspecified atom stereocenters. The average Bonchev–Trinajstić information content (AvgIpc) is 1.38. The van der Waals surface area contributed by atoms with Gasteiger partial charge in [-0.05, 0) is 0 Å². The van der Waals surface area contributed by atoms with E-state index in [2.05, 4.69) is 16.2 Å². The van der Waals surface area contributed by atoms with Crippen LogP contribution in [0.4, 0.5) is 0 Å². The first-order valence-corrected chi connectivity index (χ1v) is 2.14. The summed E-state index contributed by atoms with van der Waals surface area (Å²) in [7, 11) is 0. The molecule has 0 aliphatic carbocycles. The molecule has 0 radical (unpaired) electrons. The lowest BCUT2D eigenvalue weighted by atomic mass is 13.9. The van der Waals surface area contributed by atoms with E-state index in [-0.39, 0.29) is 0 Å². The minimum absolute atomic E-state index is 2.13. The summed E-state index contributed by atoms with van der Waals surface area (Å²) in [4.78, 5) is 0. The van der Waals surface area contributed by atoms with Crippen LogP contribution >= 0.6 is 0 Å². The van der Waals surface area contributed by atoms with Gasteiger partial charge in [0, 0.05) is 0 Å². The van der Waals surface area contributed by atoms with E-state index in [1.165, 1.54) is 0 Å². The first-order valence-electron chi connectivity index (χ1n) is 0.714. The topological polar surface area (TPSA) is 49.7 Å². The summed E-state index contributed by atoms with van der Waals surface area (Å²) in [5, 5.41) is 0. The van der Waals surface area contributed by atoms with Gasteiger partial charge in [-0.2, -0.15) is 0 Å². The summed E-state index contributed by atoms with van der Waals surface area (Å²) < 4.78 is 19.3. The fraction of sp³-hybridized carbons (Fsp3) is 0. The van der Waals surface area contributed by atoms with Crippen LogP contribution < -0.4 is 0 Å². The summed E-state index contributed by atoms with van der Waals surface area (Å²) in [5.74, 6) is 0. The highest BCUT2D eigenvalue weighted by molar-refractivity contribution is 7.81. The molecule has 5 heteroatoms. The minimum atomic E-state index is -2.13. The molecule has 0 aromatic heterocycles. The largest absolute Gasteiger partial charge is 0.293 e. The Morgan fingerprint density at radius 1 is 2.00 bits per heavy atom. The van der Waals surface area contributed by atoms with E-state index in [0.717, 1.165) is 0 Å². The van der Waals surface area contributed by atoms with Crippen LogP contribution in [0.3, 0.4) is 0 Å². The van der Waals surface area contributed by atoms with Crippen molar-refractivity contribution in [3.63, 3.8) is 0 Å². The molecule has 1 N–H and O–H groups in total. The number of rotatable bonds is 1. The molecular weight excluding hydrogens is 110 g/mol. The van der Waals surface area contributed by atoms with Gasteiger partial charge in [0.15, 0.2) is 0 Å². The zero-order valence-corrected chi connectivity index (χ0v) is 3.75. The first kappa shape index (κ1) is 5.13. The van der Waals surface area contributed by atoms with Gasteiger partial charge < -0.3 is 0 Å². The SMILES string of the molecule is O=S(O)N=S. The van der Waals surface area contributed by atoms with E-state index >= 15 is 0 Å². The monoisotopic (exact) mass is 111 g/mol. The fourth-order valence-electron chi connectivity index (χ4n) is 0. The molecule has 0 aromatic rings. The lowest BCUT2D eigenvalue weighted by Gasteiger charge is -1.62. The molecule has 0 rings (SSSR count). The second-order valence-corrected chi connectivity index (χ2v) is 1.36. The van der Waals surface area contributed by atoms with E-state index in [4.69, 9.17) is 4.55 Å². The molecule has 0 aliphatic rings. The van der Waals surface area contributed by atoms with Gasteiger partial charge in [-0.25, -0.2) is 4.21 Å². The zero-order valence-electron chi connectivity index (χ0n) is 2.12. The molecule has 1 atom stereocenters. The molecule has 0 bridgehead atoms. The fourth-order valence-corrected chi connectivity index (χ4v) is 0. The quantitative estimate of drug-likeness (QED) is 0.479. The van der Waals surface area contributed by atoms with E-state index in [9.17, 15) is 4.21 Å². The summed E-state index contributed by atoms with van der Waals surface area (Å²) in [5.41, 5.74) is 0. The molecular formula is HNO2S2. The molecule has 0 amide bonds. The second-order valence-electron chi connectivity index (χ2n) is 0.305. The molecule has 0 aliphatic heterocycles. The lowest BCUT2D eigenvalue weighted by Crippen LogP contribution is -1.70. The maximum Gasteiger partial charge on any atom is 0.293 e. The van der Waals surface area contributed by atoms with Crippen molar-refractivity contribution in [2.75, 3.05) is 0 Å². The third-order valence-corrected chi connectivity index (χ3v) is 0.574. The van der Waals surface area contributed by atoms with Crippen molar-refractivity contribution in [3.05, 3.63) is 0 Å². The smallest absolute Gasteiger partial charge is 0.287 e. The van der Waals surface area contributed by atoms with E-state index in [1.807, 2.05) is 0 Å². The molecule has 3 nitrogen and oxygen atoms in total. The number of hydrogen-bond donors (Lipinski definition) is 1. The Labute approximate surface area is 37.0 Å². The van der Waals surface area contributed by atoms with Crippen LogP contribution in [0.15, 0.2) is 3.77 Å². The summed E-state index contributed by atoms with van der Waals surface area (Å²) >= 11 is 1.62. The van der Waals surface area contributed by atoms with Gasteiger partial charge in [0.1, 0.15) is 0 Å². The summed E-state index contributed by atoms with van der Waals surface area (Å²) in [6.45, 7) is 0. The second kappa shape index (κ2) is 2.37. The van der Waals surface area contributed by atoms with Crippen molar-refractivity contribution < 1.29 is 8.76 Å². The molecule has 0 spiro atoms. The van der Waals surface area contributed by atoms with Gasteiger partial charge in [0.25, 0.3) is 11.3 Å². The highest BCUT2D eigenvalue weighted by Crippen LogP contribution is 1.64. The normalized spacial score (nSPS) is 13.8. The van der Waals surface area contributed by atoms with Crippen molar-refractivity contribution in [1.29, 1.82) is 0 Å². The van der Waals surface area contributed by atoms with E-state index in [1.54, 1.807) is 0 Å². The zero-order chi connectivity index (χ0) is 4.28. The molecule has 5 heavy (non-hydrogen) atoms. The predicted molar refractivity (Wildman–Crippen MR) is 20.6 cm³/mol. The molecule has 30 valence electrons. The highest BCUT2D eigenvalue weighted by atomic mass is 32.2. The van der Waals surface area contributed by atoms with Gasteiger partial charge in [-0.1, -0.05) is 3.77 Å². The van der Waals surface area contributed by atoms with E-state index < -0.39 is 11.3 Å². The van der Waals surface area contributed by atoms with Crippen LogP contribution in [0.5, 0.6) is 0 Å². The van der Waals surface area contributed by atoms with Gasteiger partial charge >= 0.3 is 0 Å². The van der Waals surface area contributed by atoms with Crippen molar-refractivity contribution in [2.24, 2.45) is 3.77 Å². The third-order valence-electron chi connectivity index (χ3n) is 0.0638. The molecule has 0 saturated heterocycles. The number of nitrogens with zero attached hydrogens (tertiary/aromatic N) is 1. The van der Waals surface area contributed by atoms with Crippen LogP contribution in [0, 0.1) is 0 Å². The summed E-state index contributed by atoms with van der Waals surface area (Å²) in [6, 6.07) is 0. The van der Waals surface area contributed by atoms with Crippen LogP contribution in [0.1, 0.15) is 0 Å². The Hall–Kier alpha value is 0.130. The first-order chi connectivity index (χ1) is 2.27. The molecule has 0 fully saturated rings. The summed E-state index contributed by atoms with van der Waals surface area (Å²) in [6.07, 6.45) is 0. The molecule has 0 saturated carbocycles. The van der Waals surface area contributed by atoms with Crippen LogP contribution in [0.2, 0.25) is 0 Å². The van der Waals surface area contributed by atoms with Crippen molar-refractivity contribution in [3.8, 4) is 0 Å². The Morgan fingerprint density at radius 2 is 2.20 bits per heavy atom.